The normalized spacial score (nSPS) is 13.1. The molecule has 0 aliphatic carbocycles. The van der Waals surface area contributed by atoms with E-state index in [0.717, 1.165) is 6.42 Å². The molecule has 0 aliphatic rings. The molecule has 0 aliphatic heterocycles. The van der Waals surface area contributed by atoms with Gasteiger partial charge in [-0.05, 0) is 37.8 Å². The number of thioether (sulfide) groups is 1. The second kappa shape index (κ2) is 8.63. The maximum atomic E-state index is 12.2. The van der Waals surface area contributed by atoms with E-state index in [1.807, 2.05) is 13.2 Å². The number of rotatable bonds is 9. The van der Waals surface area contributed by atoms with Gasteiger partial charge >= 0.3 is 0 Å². The van der Waals surface area contributed by atoms with Crippen LogP contribution >= 0.6 is 11.8 Å². The summed E-state index contributed by atoms with van der Waals surface area (Å²) in [6.07, 6.45) is 2.81. The topological polar surface area (TPSA) is 81.4 Å². The Balaban J connectivity index is 2.83. The van der Waals surface area contributed by atoms with Crippen LogP contribution in [-0.4, -0.2) is 33.1 Å². The quantitative estimate of drug-likeness (QED) is 0.722. The minimum Gasteiger partial charge on any atom is -0.494 e. The lowest BCUT2D eigenvalue weighted by atomic mass is 10.2. The number of benzene rings is 1. The summed E-state index contributed by atoms with van der Waals surface area (Å²) in [4.78, 5) is 0.225. The van der Waals surface area contributed by atoms with Crippen molar-refractivity contribution in [3.8, 4) is 5.75 Å². The highest BCUT2D eigenvalue weighted by Crippen LogP contribution is 2.22. The Bertz CT molecular complexity index is 547. The van der Waals surface area contributed by atoms with Crippen molar-refractivity contribution in [1.82, 2.24) is 4.72 Å². The second-order valence-corrected chi connectivity index (χ2v) is 7.68. The SMILES string of the molecule is CCOc1ccc(S(=O)(=O)NCCC(C)SC)cc1CN. The molecule has 3 N–H and O–H groups in total. The number of nitrogens with one attached hydrogen (secondary N) is 1. The summed E-state index contributed by atoms with van der Waals surface area (Å²) in [7, 11) is -3.50. The average Bonchev–Trinajstić information content (AvgIpc) is 2.47. The maximum absolute atomic E-state index is 12.2. The van der Waals surface area contributed by atoms with Crippen LogP contribution < -0.4 is 15.2 Å². The number of hydrogen-bond donors (Lipinski definition) is 2. The van der Waals surface area contributed by atoms with Crippen LogP contribution in [0.4, 0.5) is 0 Å². The zero-order valence-electron chi connectivity index (χ0n) is 12.8. The lowest BCUT2D eigenvalue weighted by Gasteiger charge is -2.13. The van der Waals surface area contributed by atoms with Crippen LogP contribution in [-0.2, 0) is 16.6 Å². The molecule has 5 nitrogen and oxygen atoms in total. The molecular weight excluding hydrogens is 308 g/mol. The van der Waals surface area contributed by atoms with Crippen molar-refractivity contribution < 1.29 is 13.2 Å². The van der Waals surface area contributed by atoms with Gasteiger partial charge in [-0.2, -0.15) is 11.8 Å². The third-order valence-electron chi connectivity index (χ3n) is 3.11. The Morgan fingerprint density at radius 1 is 1.43 bits per heavy atom. The summed E-state index contributed by atoms with van der Waals surface area (Å²) < 4.78 is 32.5. The Labute approximate surface area is 131 Å². The summed E-state index contributed by atoms with van der Waals surface area (Å²) in [6.45, 7) is 5.13. The van der Waals surface area contributed by atoms with Gasteiger partial charge in [0.15, 0.2) is 0 Å². The number of ether oxygens (including phenoxy) is 1. The Kier molecular flexibility index (Phi) is 7.51. The van der Waals surface area contributed by atoms with Crippen molar-refractivity contribution in [2.24, 2.45) is 5.73 Å². The monoisotopic (exact) mass is 332 g/mol. The number of hydrogen-bond acceptors (Lipinski definition) is 5. The van der Waals surface area contributed by atoms with E-state index in [1.165, 1.54) is 0 Å². The van der Waals surface area contributed by atoms with E-state index >= 15 is 0 Å². The zero-order valence-corrected chi connectivity index (χ0v) is 14.4. The third-order valence-corrected chi connectivity index (χ3v) is 5.61. The fourth-order valence-corrected chi connectivity index (χ4v) is 3.23. The van der Waals surface area contributed by atoms with E-state index in [-0.39, 0.29) is 11.4 Å². The van der Waals surface area contributed by atoms with Crippen molar-refractivity contribution in [3.05, 3.63) is 23.8 Å². The first-order valence-corrected chi connectivity index (χ1v) is 9.70. The van der Waals surface area contributed by atoms with Gasteiger partial charge in [0.25, 0.3) is 0 Å². The Morgan fingerprint density at radius 2 is 2.14 bits per heavy atom. The molecule has 1 rings (SSSR count). The van der Waals surface area contributed by atoms with Crippen LogP contribution in [0.5, 0.6) is 5.75 Å². The predicted octanol–water partition coefficient (Wildman–Crippen LogP) is 1.96. The van der Waals surface area contributed by atoms with Crippen LogP contribution in [0.15, 0.2) is 23.1 Å². The smallest absolute Gasteiger partial charge is 0.240 e. The highest BCUT2D eigenvalue weighted by Gasteiger charge is 2.16. The summed E-state index contributed by atoms with van der Waals surface area (Å²) in [6, 6.07) is 4.78. The average molecular weight is 332 g/mol. The van der Waals surface area contributed by atoms with E-state index in [9.17, 15) is 8.42 Å². The molecular formula is C14H24N2O3S2. The van der Waals surface area contributed by atoms with E-state index in [1.54, 1.807) is 30.0 Å². The number of nitrogens with two attached hydrogens (primary N) is 1. The van der Waals surface area contributed by atoms with Crippen molar-refractivity contribution in [1.29, 1.82) is 0 Å². The van der Waals surface area contributed by atoms with Gasteiger partial charge in [0, 0.05) is 23.9 Å². The molecule has 120 valence electrons. The van der Waals surface area contributed by atoms with Crippen LogP contribution in [0.1, 0.15) is 25.8 Å². The largest absolute Gasteiger partial charge is 0.494 e. The first-order chi connectivity index (χ1) is 9.94. The van der Waals surface area contributed by atoms with Gasteiger partial charge in [0.2, 0.25) is 10.0 Å². The third kappa shape index (κ3) is 5.50. The molecule has 0 amide bonds. The molecule has 0 spiro atoms. The first-order valence-electron chi connectivity index (χ1n) is 6.92. The van der Waals surface area contributed by atoms with Gasteiger partial charge in [0.1, 0.15) is 5.75 Å². The molecule has 0 heterocycles. The molecule has 0 radical (unpaired) electrons. The second-order valence-electron chi connectivity index (χ2n) is 4.64. The van der Waals surface area contributed by atoms with Gasteiger partial charge < -0.3 is 10.5 Å². The molecule has 0 bridgehead atoms. The van der Waals surface area contributed by atoms with Crippen LogP contribution in [0.2, 0.25) is 0 Å². The molecule has 0 saturated heterocycles. The van der Waals surface area contributed by atoms with Gasteiger partial charge in [-0.25, -0.2) is 13.1 Å². The van der Waals surface area contributed by atoms with Crippen LogP contribution in [0.25, 0.3) is 0 Å². The van der Waals surface area contributed by atoms with E-state index in [2.05, 4.69) is 11.6 Å². The van der Waals surface area contributed by atoms with Crippen LogP contribution in [0.3, 0.4) is 0 Å². The highest BCUT2D eigenvalue weighted by atomic mass is 32.2. The molecule has 0 saturated carbocycles. The molecule has 21 heavy (non-hydrogen) atoms. The minimum atomic E-state index is -3.50. The van der Waals surface area contributed by atoms with E-state index < -0.39 is 10.0 Å². The lowest BCUT2D eigenvalue weighted by molar-refractivity contribution is 0.336. The summed E-state index contributed by atoms with van der Waals surface area (Å²) in [5.41, 5.74) is 6.34. The molecule has 1 unspecified atom stereocenters. The Morgan fingerprint density at radius 3 is 2.71 bits per heavy atom. The zero-order chi connectivity index (χ0) is 15.9. The Hall–Kier alpha value is -0.760. The maximum Gasteiger partial charge on any atom is 0.240 e. The first kappa shape index (κ1) is 18.3. The van der Waals surface area contributed by atoms with E-state index in [0.29, 0.717) is 29.7 Å². The molecule has 7 heteroatoms. The summed E-state index contributed by atoms with van der Waals surface area (Å²) in [5.74, 6) is 0.634. The fraction of sp³-hybridized carbons (Fsp3) is 0.571. The van der Waals surface area contributed by atoms with Crippen LogP contribution in [0, 0.1) is 0 Å². The fourth-order valence-electron chi connectivity index (χ4n) is 1.78. The van der Waals surface area contributed by atoms with Crippen molar-refractivity contribution in [2.45, 2.75) is 37.0 Å². The lowest BCUT2D eigenvalue weighted by Crippen LogP contribution is -2.26. The van der Waals surface area contributed by atoms with Gasteiger partial charge in [0.05, 0.1) is 11.5 Å². The molecule has 1 atom stereocenters. The summed E-state index contributed by atoms with van der Waals surface area (Å²) in [5, 5.41) is 0.424. The number of sulfonamides is 1. The standard InChI is InChI=1S/C14H24N2O3S2/c1-4-19-14-6-5-13(9-12(14)10-15)21(17,18)16-8-7-11(2)20-3/h5-6,9,11,16H,4,7-8,10,15H2,1-3H3. The van der Waals surface area contributed by atoms with Crippen molar-refractivity contribution >= 4 is 21.8 Å². The van der Waals surface area contributed by atoms with Crippen molar-refractivity contribution in [3.63, 3.8) is 0 Å². The predicted molar refractivity (Wildman–Crippen MR) is 88.3 cm³/mol. The van der Waals surface area contributed by atoms with Gasteiger partial charge in [-0.15, -0.1) is 0 Å². The summed E-state index contributed by atoms with van der Waals surface area (Å²) >= 11 is 1.72. The molecule has 1 aromatic carbocycles. The molecule has 1 aromatic rings. The molecule has 0 fully saturated rings. The van der Waals surface area contributed by atoms with Gasteiger partial charge in [-0.1, -0.05) is 6.92 Å². The van der Waals surface area contributed by atoms with Gasteiger partial charge in [-0.3, -0.25) is 0 Å². The molecule has 0 aromatic heterocycles. The highest BCUT2D eigenvalue weighted by molar-refractivity contribution is 7.99. The van der Waals surface area contributed by atoms with Crippen molar-refractivity contribution in [2.75, 3.05) is 19.4 Å². The van der Waals surface area contributed by atoms with E-state index in [4.69, 9.17) is 10.5 Å². The minimum absolute atomic E-state index is 0.225.